The fourth-order valence-electron chi connectivity index (χ4n) is 1.06. The molecule has 2 rings (SSSR count). The van der Waals surface area contributed by atoms with E-state index in [2.05, 4.69) is 20.3 Å². The van der Waals surface area contributed by atoms with Crippen molar-refractivity contribution in [1.29, 1.82) is 0 Å². The zero-order valence-electron chi connectivity index (χ0n) is 8.86. The van der Waals surface area contributed by atoms with Gasteiger partial charge in [0.1, 0.15) is 5.03 Å². The Balaban J connectivity index is 2.13. The average Bonchev–Trinajstić information content (AvgIpc) is 2.75. The van der Waals surface area contributed by atoms with E-state index in [9.17, 15) is 0 Å². The lowest BCUT2D eigenvalue weighted by Gasteiger charge is -1.99. The Morgan fingerprint density at radius 3 is 2.82 bits per heavy atom. The highest BCUT2D eigenvalue weighted by atomic mass is 32.2. The average molecular weight is 251 g/mol. The van der Waals surface area contributed by atoms with Crippen LogP contribution in [0.5, 0.6) is 0 Å². The van der Waals surface area contributed by atoms with Crippen LogP contribution in [0.15, 0.2) is 38.2 Å². The Labute approximate surface area is 101 Å². The molecule has 2 heterocycles. The molecule has 0 unspecified atom stereocenters. The van der Waals surface area contributed by atoms with E-state index in [1.807, 2.05) is 0 Å². The van der Waals surface area contributed by atoms with Crippen molar-refractivity contribution in [3.63, 3.8) is 0 Å². The predicted molar refractivity (Wildman–Crippen MR) is 59.9 cm³/mol. The zero-order chi connectivity index (χ0) is 12.3. The van der Waals surface area contributed by atoms with E-state index in [0.717, 1.165) is 0 Å². The van der Waals surface area contributed by atoms with E-state index >= 15 is 0 Å². The smallest absolute Gasteiger partial charge is 0.282 e. The van der Waals surface area contributed by atoms with Crippen molar-refractivity contribution in [1.82, 2.24) is 15.2 Å². The normalized spacial score (nSPS) is 11.7. The molecule has 0 aliphatic carbocycles. The quantitative estimate of drug-likeness (QED) is 0.362. The highest BCUT2D eigenvalue weighted by molar-refractivity contribution is 7.99. The lowest BCUT2D eigenvalue weighted by Crippen LogP contribution is -2.13. The molecule has 2 aromatic heterocycles. The number of hydrogen-bond acceptors (Lipinski definition) is 7. The van der Waals surface area contributed by atoms with Gasteiger partial charge in [-0.2, -0.15) is 0 Å². The maximum absolute atomic E-state index is 8.49. The topological polar surface area (TPSA) is 110 Å². The van der Waals surface area contributed by atoms with Gasteiger partial charge >= 0.3 is 0 Å². The number of nitrogens with zero attached hydrogens (tertiary/aromatic N) is 4. The highest BCUT2D eigenvalue weighted by Crippen LogP contribution is 2.24. The minimum Gasteiger partial charge on any atom is -0.416 e. The summed E-state index contributed by atoms with van der Waals surface area (Å²) < 4.78 is 5.20. The largest absolute Gasteiger partial charge is 0.416 e. The molecule has 8 heteroatoms. The minimum atomic E-state index is 0.0164. The van der Waals surface area contributed by atoms with Crippen LogP contribution < -0.4 is 5.73 Å². The molecule has 0 aromatic carbocycles. The van der Waals surface area contributed by atoms with Gasteiger partial charge in [-0.15, -0.1) is 10.2 Å². The molecule has 7 nitrogen and oxygen atoms in total. The third kappa shape index (κ3) is 2.72. The molecule has 0 bridgehead atoms. The standard InChI is InChI=1S/C9H9N5O2S/c1-5-12-13-9(16-5)17-7-3-2-6(4-11-7)8(10)14-15/h2-4,15H,1H3,(H2,10,14). The van der Waals surface area contributed by atoms with Crippen LogP contribution in [-0.2, 0) is 0 Å². The first-order chi connectivity index (χ1) is 8.19. The van der Waals surface area contributed by atoms with Gasteiger partial charge in [0.2, 0.25) is 5.89 Å². The minimum absolute atomic E-state index is 0.0164. The van der Waals surface area contributed by atoms with Crippen molar-refractivity contribution in [2.75, 3.05) is 0 Å². The van der Waals surface area contributed by atoms with Crippen molar-refractivity contribution in [2.45, 2.75) is 17.2 Å². The maximum Gasteiger partial charge on any atom is 0.282 e. The molecule has 0 fully saturated rings. The van der Waals surface area contributed by atoms with Crippen LogP contribution in [-0.4, -0.2) is 26.2 Å². The molecule has 2 aromatic rings. The number of nitrogens with two attached hydrogens (primary N) is 1. The van der Waals surface area contributed by atoms with Crippen LogP contribution in [0.2, 0.25) is 0 Å². The third-order valence-corrected chi connectivity index (χ3v) is 2.63. The van der Waals surface area contributed by atoms with Crippen molar-refractivity contribution >= 4 is 17.6 Å². The van der Waals surface area contributed by atoms with Gasteiger partial charge in [-0.1, -0.05) is 5.16 Å². The van der Waals surface area contributed by atoms with Crippen LogP contribution >= 0.6 is 11.8 Å². The van der Waals surface area contributed by atoms with Gasteiger partial charge in [-0.05, 0) is 23.9 Å². The molecule has 0 aliphatic heterocycles. The van der Waals surface area contributed by atoms with Gasteiger partial charge < -0.3 is 15.4 Å². The molecule has 0 amide bonds. The van der Waals surface area contributed by atoms with Crippen molar-refractivity contribution in [3.05, 3.63) is 29.8 Å². The molecule has 0 radical (unpaired) electrons. The van der Waals surface area contributed by atoms with Gasteiger partial charge in [0.15, 0.2) is 5.84 Å². The molecule has 0 atom stereocenters. The number of amidine groups is 1. The Kier molecular flexibility index (Phi) is 3.24. The van der Waals surface area contributed by atoms with E-state index in [1.54, 1.807) is 19.1 Å². The first kappa shape index (κ1) is 11.4. The lowest BCUT2D eigenvalue weighted by molar-refractivity contribution is 0.318. The van der Waals surface area contributed by atoms with Gasteiger partial charge in [0, 0.05) is 18.7 Å². The van der Waals surface area contributed by atoms with Gasteiger partial charge in [0.05, 0.1) is 0 Å². The summed E-state index contributed by atoms with van der Waals surface area (Å²) in [7, 11) is 0. The highest BCUT2D eigenvalue weighted by Gasteiger charge is 2.06. The molecule has 0 saturated carbocycles. The summed E-state index contributed by atoms with van der Waals surface area (Å²) in [5, 5.41) is 20.0. The first-order valence-corrected chi connectivity index (χ1v) is 5.42. The summed E-state index contributed by atoms with van der Waals surface area (Å²) in [5.41, 5.74) is 5.95. The summed E-state index contributed by atoms with van der Waals surface area (Å²) >= 11 is 1.24. The Morgan fingerprint density at radius 1 is 1.47 bits per heavy atom. The Hall–Kier alpha value is -2.09. The Morgan fingerprint density at radius 2 is 2.29 bits per heavy atom. The summed E-state index contributed by atoms with van der Waals surface area (Å²) in [4.78, 5) is 4.12. The monoisotopic (exact) mass is 251 g/mol. The second-order valence-corrected chi connectivity index (χ2v) is 4.03. The van der Waals surface area contributed by atoms with E-state index in [4.69, 9.17) is 15.4 Å². The summed E-state index contributed by atoms with van der Waals surface area (Å²) in [5.74, 6) is 0.517. The summed E-state index contributed by atoms with van der Waals surface area (Å²) in [6, 6.07) is 3.41. The second kappa shape index (κ2) is 4.83. The van der Waals surface area contributed by atoms with E-state index in [-0.39, 0.29) is 5.84 Å². The number of aromatic nitrogens is 3. The maximum atomic E-state index is 8.49. The summed E-state index contributed by atoms with van der Waals surface area (Å²) in [6.07, 6.45) is 1.50. The molecule has 0 spiro atoms. The fraction of sp³-hybridized carbons (Fsp3) is 0.111. The molecular weight excluding hydrogens is 242 g/mol. The molecule has 88 valence electrons. The van der Waals surface area contributed by atoms with Crippen molar-refractivity contribution in [3.8, 4) is 0 Å². The van der Waals surface area contributed by atoms with Crippen LogP contribution in [0.25, 0.3) is 0 Å². The van der Waals surface area contributed by atoms with Crippen molar-refractivity contribution < 1.29 is 9.62 Å². The number of hydrogen-bond donors (Lipinski definition) is 2. The number of oxime groups is 1. The fourth-order valence-corrected chi connectivity index (χ4v) is 1.72. The summed E-state index contributed by atoms with van der Waals surface area (Å²) in [6.45, 7) is 1.71. The first-order valence-electron chi connectivity index (χ1n) is 4.61. The molecule has 17 heavy (non-hydrogen) atoms. The van der Waals surface area contributed by atoms with Crippen LogP contribution in [0.4, 0.5) is 0 Å². The van der Waals surface area contributed by atoms with Crippen molar-refractivity contribution in [2.24, 2.45) is 10.9 Å². The van der Waals surface area contributed by atoms with E-state index in [1.165, 1.54) is 18.0 Å². The van der Waals surface area contributed by atoms with Gasteiger partial charge in [-0.3, -0.25) is 0 Å². The van der Waals surface area contributed by atoms with Gasteiger partial charge in [0.25, 0.3) is 5.22 Å². The van der Waals surface area contributed by atoms with Crippen LogP contribution in [0, 0.1) is 6.92 Å². The van der Waals surface area contributed by atoms with Crippen LogP contribution in [0.3, 0.4) is 0 Å². The van der Waals surface area contributed by atoms with Crippen LogP contribution in [0.1, 0.15) is 11.5 Å². The number of aryl methyl sites for hydroxylation is 1. The number of rotatable bonds is 3. The SMILES string of the molecule is Cc1nnc(Sc2ccc(/C(N)=N/O)cn2)o1. The Bertz CT molecular complexity index is 537. The predicted octanol–water partition coefficient (Wildman–Crippen LogP) is 1.02. The van der Waals surface area contributed by atoms with E-state index in [0.29, 0.717) is 21.7 Å². The van der Waals surface area contributed by atoms with Gasteiger partial charge in [-0.25, -0.2) is 4.98 Å². The number of pyridine rings is 1. The second-order valence-electron chi connectivity index (χ2n) is 3.06. The molecule has 0 aliphatic rings. The lowest BCUT2D eigenvalue weighted by atomic mass is 10.3. The zero-order valence-corrected chi connectivity index (χ0v) is 9.68. The van der Waals surface area contributed by atoms with E-state index < -0.39 is 0 Å². The molecule has 0 saturated heterocycles. The third-order valence-electron chi connectivity index (χ3n) is 1.84. The molecular formula is C9H9N5O2S. The molecule has 3 N–H and O–H groups in total.